The molecule has 1 atom stereocenters. The van der Waals surface area contributed by atoms with Gasteiger partial charge >= 0.3 is 5.97 Å². The number of carbonyl (C=O) groups excluding carboxylic acids is 1. The van der Waals surface area contributed by atoms with Crippen LogP contribution in [0.1, 0.15) is 17.3 Å². The smallest absolute Gasteiger partial charge is 0.331 e. The molecular formula is C16H12N2O3S2. The molecule has 1 aromatic heterocycles. The molecule has 0 spiro atoms. The average molecular weight is 344 g/mol. The summed E-state index contributed by atoms with van der Waals surface area (Å²) >= 11 is 6.35. The molecule has 116 valence electrons. The Bertz CT molecular complexity index is 785. The van der Waals surface area contributed by atoms with E-state index in [1.165, 1.54) is 0 Å². The van der Waals surface area contributed by atoms with Gasteiger partial charge in [-0.25, -0.2) is 4.79 Å². The number of benzene rings is 1. The zero-order chi connectivity index (χ0) is 16.4. The lowest BCUT2D eigenvalue weighted by atomic mass is 10.1. The van der Waals surface area contributed by atoms with Crippen molar-refractivity contribution in [2.24, 2.45) is 0 Å². The SMILES string of the molecule is O=C(O)[C@H](c1ccccc1)N1C(=O)/C(=C/c2ccc[nH]2)SC1=S. The van der Waals surface area contributed by atoms with Gasteiger partial charge in [0, 0.05) is 11.9 Å². The van der Waals surface area contributed by atoms with Crippen LogP contribution in [0.4, 0.5) is 0 Å². The fraction of sp³-hybridized carbons (Fsp3) is 0.0625. The first kappa shape index (κ1) is 15.5. The lowest BCUT2D eigenvalue weighted by Crippen LogP contribution is -2.37. The summed E-state index contributed by atoms with van der Waals surface area (Å²) in [6.07, 6.45) is 3.42. The monoisotopic (exact) mass is 344 g/mol. The van der Waals surface area contributed by atoms with Crippen LogP contribution in [-0.4, -0.2) is 31.2 Å². The van der Waals surface area contributed by atoms with Crippen LogP contribution in [0.15, 0.2) is 53.6 Å². The summed E-state index contributed by atoms with van der Waals surface area (Å²) in [5, 5.41) is 9.58. The summed E-state index contributed by atoms with van der Waals surface area (Å²) in [7, 11) is 0. The highest BCUT2D eigenvalue weighted by Gasteiger charge is 2.41. The van der Waals surface area contributed by atoms with Crippen LogP contribution < -0.4 is 0 Å². The number of thiocarbonyl (C=S) groups is 1. The second-order valence-electron chi connectivity index (χ2n) is 4.83. The van der Waals surface area contributed by atoms with Crippen LogP contribution in [0.25, 0.3) is 6.08 Å². The summed E-state index contributed by atoms with van der Waals surface area (Å²) in [5.41, 5.74) is 1.27. The number of aliphatic carboxylic acids is 1. The van der Waals surface area contributed by atoms with Gasteiger partial charge in [0.2, 0.25) is 0 Å². The average Bonchev–Trinajstić information content (AvgIpc) is 3.12. The number of nitrogens with one attached hydrogen (secondary N) is 1. The fourth-order valence-electron chi connectivity index (χ4n) is 2.32. The van der Waals surface area contributed by atoms with E-state index in [1.807, 2.05) is 12.1 Å². The van der Waals surface area contributed by atoms with Gasteiger partial charge in [0.25, 0.3) is 5.91 Å². The van der Waals surface area contributed by atoms with Crippen LogP contribution in [0.3, 0.4) is 0 Å². The summed E-state index contributed by atoms with van der Waals surface area (Å²) < 4.78 is 0.240. The Kier molecular flexibility index (Phi) is 4.31. The third-order valence-electron chi connectivity index (χ3n) is 3.34. The summed E-state index contributed by atoms with van der Waals surface area (Å²) in [5.74, 6) is -1.51. The van der Waals surface area contributed by atoms with Crippen LogP contribution in [0, 0.1) is 0 Å². The first-order valence-electron chi connectivity index (χ1n) is 6.76. The maximum atomic E-state index is 12.6. The van der Waals surface area contributed by atoms with Gasteiger partial charge in [-0.05, 0) is 23.8 Å². The summed E-state index contributed by atoms with van der Waals surface area (Å²) in [6.45, 7) is 0. The van der Waals surface area contributed by atoms with Gasteiger partial charge in [-0.1, -0.05) is 54.3 Å². The van der Waals surface area contributed by atoms with Crippen LogP contribution >= 0.6 is 24.0 Å². The standard InChI is InChI=1S/C16H12N2O3S2/c19-14-12(9-11-7-4-8-17-11)23-16(22)18(14)13(15(20)21)10-5-2-1-3-6-10/h1-9,13,17H,(H,20,21)/b12-9-/t13-/m0/s1. The molecule has 2 aromatic rings. The predicted molar refractivity (Wildman–Crippen MR) is 92.6 cm³/mol. The van der Waals surface area contributed by atoms with Gasteiger partial charge in [0.15, 0.2) is 6.04 Å². The van der Waals surface area contributed by atoms with E-state index in [2.05, 4.69) is 4.98 Å². The highest BCUT2D eigenvalue weighted by atomic mass is 32.2. The molecule has 3 rings (SSSR count). The number of hydrogen-bond acceptors (Lipinski definition) is 4. The van der Waals surface area contributed by atoms with E-state index in [0.717, 1.165) is 22.4 Å². The normalized spacial score (nSPS) is 17.7. The Hall–Kier alpha value is -2.38. The second-order valence-corrected chi connectivity index (χ2v) is 6.50. The zero-order valence-corrected chi connectivity index (χ0v) is 13.4. The molecule has 0 unspecified atom stereocenters. The Balaban J connectivity index is 1.97. The number of rotatable bonds is 4. The molecule has 1 aromatic carbocycles. The molecule has 0 radical (unpaired) electrons. The van der Waals surface area contributed by atoms with E-state index < -0.39 is 17.9 Å². The van der Waals surface area contributed by atoms with Crippen molar-refractivity contribution < 1.29 is 14.7 Å². The van der Waals surface area contributed by atoms with E-state index in [-0.39, 0.29) is 4.32 Å². The first-order valence-corrected chi connectivity index (χ1v) is 7.98. The van der Waals surface area contributed by atoms with Crippen LogP contribution in [0.5, 0.6) is 0 Å². The third kappa shape index (κ3) is 3.06. The fourth-order valence-corrected chi connectivity index (χ4v) is 3.62. The van der Waals surface area contributed by atoms with Crippen LogP contribution in [-0.2, 0) is 9.59 Å². The second kappa shape index (κ2) is 6.39. The molecule has 0 bridgehead atoms. The van der Waals surface area contributed by atoms with Crippen molar-refractivity contribution >= 4 is 46.3 Å². The molecule has 7 heteroatoms. The number of carboxylic acids is 1. The number of aromatic nitrogens is 1. The number of carbonyl (C=O) groups is 2. The topological polar surface area (TPSA) is 73.4 Å². The van der Waals surface area contributed by atoms with Crippen molar-refractivity contribution in [1.82, 2.24) is 9.88 Å². The van der Waals surface area contributed by atoms with Crippen molar-refractivity contribution in [2.75, 3.05) is 0 Å². The third-order valence-corrected chi connectivity index (χ3v) is 4.67. The molecular weight excluding hydrogens is 332 g/mol. The van der Waals surface area contributed by atoms with Crippen molar-refractivity contribution in [1.29, 1.82) is 0 Å². The molecule has 1 amide bonds. The number of H-pyrrole nitrogens is 1. The number of carboxylic acid groups (broad SMARTS) is 1. The lowest BCUT2D eigenvalue weighted by Gasteiger charge is -2.23. The van der Waals surface area contributed by atoms with Crippen LogP contribution in [0.2, 0.25) is 0 Å². The molecule has 1 aliphatic heterocycles. The lowest BCUT2D eigenvalue weighted by molar-refractivity contribution is -0.145. The minimum Gasteiger partial charge on any atom is -0.479 e. The number of hydrogen-bond donors (Lipinski definition) is 2. The first-order chi connectivity index (χ1) is 11.1. The number of amides is 1. The molecule has 1 saturated heterocycles. The van der Waals surface area contributed by atoms with Gasteiger partial charge in [0.05, 0.1) is 4.91 Å². The minimum absolute atomic E-state index is 0.240. The Labute approximate surface area is 142 Å². The van der Waals surface area contributed by atoms with E-state index >= 15 is 0 Å². The largest absolute Gasteiger partial charge is 0.479 e. The Morgan fingerprint density at radius 2 is 2.00 bits per heavy atom. The zero-order valence-electron chi connectivity index (χ0n) is 11.8. The number of aromatic amines is 1. The van der Waals surface area contributed by atoms with E-state index in [1.54, 1.807) is 42.6 Å². The molecule has 2 heterocycles. The van der Waals surface area contributed by atoms with E-state index in [4.69, 9.17) is 12.2 Å². The highest BCUT2D eigenvalue weighted by Crippen LogP contribution is 2.38. The Morgan fingerprint density at radius 1 is 1.26 bits per heavy atom. The number of nitrogens with zero attached hydrogens (tertiary/aromatic N) is 1. The molecule has 2 N–H and O–H groups in total. The molecule has 5 nitrogen and oxygen atoms in total. The summed E-state index contributed by atoms with van der Waals surface area (Å²) in [6, 6.07) is 11.1. The van der Waals surface area contributed by atoms with Gasteiger partial charge in [-0.2, -0.15) is 0 Å². The molecule has 0 aliphatic carbocycles. The maximum Gasteiger partial charge on any atom is 0.331 e. The van der Waals surface area contributed by atoms with Crippen molar-refractivity contribution in [3.8, 4) is 0 Å². The van der Waals surface area contributed by atoms with Crippen molar-refractivity contribution in [2.45, 2.75) is 6.04 Å². The van der Waals surface area contributed by atoms with E-state index in [9.17, 15) is 14.7 Å². The van der Waals surface area contributed by atoms with Crippen molar-refractivity contribution in [3.63, 3.8) is 0 Å². The minimum atomic E-state index is -1.13. The molecule has 0 saturated carbocycles. The van der Waals surface area contributed by atoms with Crippen molar-refractivity contribution in [3.05, 3.63) is 64.8 Å². The van der Waals surface area contributed by atoms with Gasteiger partial charge in [-0.15, -0.1) is 0 Å². The van der Waals surface area contributed by atoms with Gasteiger partial charge in [-0.3, -0.25) is 9.69 Å². The number of thioether (sulfide) groups is 1. The highest BCUT2D eigenvalue weighted by molar-refractivity contribution is 8.26. The predicted octanol–water partition coefficient (Wildman–Crippen LogP) is 3.04. The molecule has 23 heavy (non-hydrogen) atoms. The maximum absolute atomic E-state index is 12.6. The van der Waals surface area contributed by atoms with Gasteiger partial charge in [0.1, 0.15) is 4.32 Å². The quantitative estimate of drug-likeness (QED) is 0.659. The van der Waals surface area contributed by atoms with E-state index in [0.29, 0.717) is 10.5 Å². The Morgan fingerprint density at radius 3 is 2.61 bits per heavy atom. The summed E-state index contributed by atoms with van der Waals surface area (Å²) in [4.78, 5) is 28.9. The molecule has 1 aliphatic rings. The van der Waals surface area contributed by atoms with Gasteiger partial charge < -0.3 is 10.1 Å². The molecule has 1 fully saturated rings.